The van der Waals surface area contributed by atoms with Crippen LogP contribution < -0.4 is 9.47 Å². The van der Waals surface area contributed by atoms with Crippen LogP contribution in [0.3, 0.4) is 0 Å². The number of benzene rings is 2. The van der Waals surface area contributed by atoms with E-state index in [9.17, 15) is 14.4 Å². The molecule has 45 heavy (non-hydrogen) atoms. The molecule has 0 amide bonds. The second kappa shape index (κ2) is 19.9. The van der Waals surface area contributed by atoms with E-state index in [1.54, 1.807) is 13.8 Å². The lowest BCUT2D eigenvalue weighted by atomic mass is 10.1. The third kappa shape index (κ3) is 13.1. The highest BCUT2D eigenvalue weighted by Gasteiger charge is 2.17. The number of ether oxygens (including phenoxy) is 4. The van der Waals surface area contributed by atoms with E-state index in [2.05, 4.69) is 16.9 Å². The fourth-order valence-corrected chi connectivity index (χ4v) is 4.65. The van der Waals surface area contributed by atoms with Crippen molar-refractivity contribution in [1.82, 2.24) is 9.97 Å². The number of nitrogens with zero attached hydrogens (tertiary/aromatic N) is 2. The Bertz CT molecular complexity index is 1310. The highest BCUT2D eigenvalue weighted by atomic mass is 16.6. The van der Waals surface area contributed by atoms with E-state index >= 15 is 0 Å². The molecule has 0 radical (unpaired) electrons. The van der Waals surface area contributed by atoms with Crippen molar-refractivity contribution in [2.75, 3.05) is 13.2 Å². The summed E-state index contributed by atoms with van der Waals surface area (Å²) >= 11 is 0. The molecule has 0 saturated carbocycles. The number of carbonyl (C=O) groups is 3. The van der Waals surface area contributed by atoms with Crippen molar-refractivity contribution in [3.63, 3.8) is 0 Å². The SMILES string of the molecule is CCCCCCCCCCCCOc1ccc(-c2cnc(C(=O)Oc3ccc(C(=O)O[C@H](C)CC(=O)OCC)cc3)cn2)cc1. The monoisotopic (exact) mass is 618 g/mol. The van der Waals surface area contributed by atoms with Crippen LogP contribution in [0.4, 0.5) is 0 Å². The van der Waals surface area contributed by atoms with Gasteiger partial charge in [0.05, 0.1) is 43.3 Å². The van der Waals surface area contributed by atoms with Crippen LogP contribution in [-0.2, 0) is 14.3 Å². The van der Waals surface area contributed by atoms with Crippen molar-refractivity contribution < 1.29 is 33.3 Å². The third-order valence-corrected chi connectivity index (χ3v) is 7.15. The molecule has 3 aromatic rings. The Kier molecular flexibility index (Phi) is 15.6. The van der Waals surface area contributed by atoms with Gasteiger partial charge in [0.1, 0.15) is 17.6 Å². The molecule has 0 aliphatic heterocycles. The molecule has 1 heterocycles. The van der Waals surface area contributed by atoms with Crippen LogP contribution in [-0.4, -0.2) is 47.2 Å². The maximum absolute atomic E-state index is 12.6. The smallest absolute Gasteiger partial charge is 0.363 e. The van der Waals surface area contributed by atoms with Crippen LogP contribution in [0.25, 0.3) is 11.3 Å². The summed E-state index contributed by atoms with van der Waals surface area (Å²) < 4.78 is 21.4. The lowest BCUT2D eigenvalue weighted by Gasteiger charge is -2.12. The zero-order chi connectivity index (χ0) is 32.3. The van der Waals surface area contributed by atoms with Crippen LogP contribution in [0.15, 0.2) is 60.9 Å². The molecule has 2 aromatic carbocycles. The van der Waals surface area contributed by atoms with Gasteiger partial charge in [-0.15, -0.1) is 0 Å². The van der Waals surface area contributed by atoms with E-state index in [0.29, 0.717) is 12.3 Å². The molecule has 242 valence electrons. The predicted molar refractivity (Wildman–Crippen MR) is 172 cm³/mol. The molecule has 0 bridgehead atoms. The minimum absolute atomic E-state index is 0.0334. The number of hydrogen-bond acceptors (Lipinski definition) is 9. The number of esters is 3. The van der Waals surface area contributed by atoms with Gasteiger partial charge in [0, 0.05) is 5.56 Å². The van der Waals surface area contributed by atoms with Gasteiger partial charge in [-0.1, -0.05) is 64.7 Å². The fourth-order valence-electron chi connectivity index (χ4n) is 4.65. The topological polar surface area (TPSA) is 114 Å². The van der Waals surface area contributed by atoms with Gasteiger partial charge >= 0.3 is 17.9 Å². The van der Waals surface area contributed by atoms with Crippen molar-refractivity contribution >= 4 is 17.9 Å². The first-order chi connectivity index (χ1) is 21.9. The van der Waals surface area contributed by atoms with Gasteiger partial charge in [-0.2, -0.15) is 0 Å². The summed E-state index contributed by atoms with van der Waals surface area (Å²) in [6.07, 6.45) is 15.1. The average molecular weight is 619 g/mol. The van der Waals surface area contributed by atoms with E-state index in [0.717, 1.165) is 17.7 Å². The molecule has 0 fully saturated rings. The Morgan fingerprint density at radius 1 is 0.711 bits per heavy atom. The molecule has 1 atom stereocenters. The number of aromatic nitrogens is 2. The van der Waals surface area contributed by atoms with Gasteiger partial charge < -0.3 is 18.9 Å². The van der Waals surface area contributed by atoms with Crippen LogP contribution >= 0.6 is 0 Å². The molecule has 0 aliphatic carbocycles. The second-order valence-electron chi connectivity index (χ2n) is 11.0. The number of unbranched alkanes of at least 4 members (excludes halogenated alkanes) is 9. The summed E-state index contributed by atoms with van der Waals surface area (Å²) in [5.74, 6) is -0.666. The standard InChI is InChI=1S/C36H46N2O7/c1-4-6-7-8-9-10-11-12-13-14-23-43-30-19-15-28(16-20-30)32-25-38-33(26-37-32)36(41)45-31-21-17-29(18-22-31)35(40)44-27(3)24-34(39)42-5-2/h15-22,25-27H,4-14,23-24H2,1-3H3/t27-/m1/s1. The molecule has 9 nitrogen and oxygen atoms in total. The second-order valence-corrected chi connectivity index (χ2v) is 11.0. The molecule has 0 unspecified atom stereocenters. The Labute approximate surface area is 266 Å². The first-order valence-electron chi connectivity index (χ1n) is 16.1. The number of hydrogen-bond donors (Lipinski definition) is 0. The van der Waals surface area contributed by atoms with Gasteiger partial charge in [-0.05, 0) is 68.8 Å². The van der Waals surface area contributed by atoms with E-state index in [1.165, 1.54) is 94.4 Å². The van der Waals surface area contributed by atoms with Crippen molar-refractivity contribution in [2.24, 2.45) is 0 Å². The van der Waals surface area contributed by atoms with Crippen molar-refractivity contribution in [3.05, 3.63) is 72.2 Å². The first-order valence-corrected chi connectivity index (χ1v) is 16.1. The molecule has 9 heteroatoms. The van der Waals surface area contributed by atoms with E-state index < -0.39 is 24.0 Å². The molecule has 0 saturated heterocycles. The lowest BCUT2D eigenvalue weighted by molar-refractivity contribution is -0.145. The number of carbonyl (C=O) groups excluding carboxylic acids is 3. The van der Waals surface area contributed by atoms with Gasteiger partial charge in [-0.25, -0.2) is 14.6 Å². The van der Waals surface area contributed by atoms with Crippen molar-refractivity contribution in [1.29, 1.82) is 0 Å². The lowest BCUT2D eigenvalue weighted by Crippen LogP contribution is -2.20. The maximum atomic E-state index is 12.6. The summed E-state index contributed by atoms with van der Waals surface area (Å²) in [5, 5.41) is 0. The molecular formula is C36H46N2O7. The van der Waals surface area contributed by atoms with E-state index in [1.807, 2.05) is 24.3 Å². The largest absolute Gasteiger partial charge is 0.494 e. The predicted octanol–water partition coefficient (Wildman–Crippen LogP) is 8.16. The van der Waals surface area contributed by atoms with Gasteiger partial charge in [-0.3, -0.25) is 9.78 Å². The average Bonchev–Trinajstić information content (AvgIpc) is 3.04. The summed E-state index contributed by atoms with van der Waals surface area (Å²) in [7, 11) is 0. The summed E-state index contributed by atoms with van der Waals surface area (Å²) in [5.41, 5.74) is 1.77. The molecule has 0 aliphatic rings. The minimum atomic E-state index is -0.678. The maximum Gasteiger partial charge on any atom is 0.363 e. The summed E-state index contributed by atoms with van der Waals surface area (Å²) in [6, 6.07) is 13.6. The Morgan fingerprint density at radius 2 is 1.33 bits per heavy atom. The normalized spacial score (nSPS) is 11.4. The van der Waals surface area contributed by atoms with Gasteiger partial charge in [0.2, 0.25) is 0 Å². The molecule has 0 N–H and O–H groups in total. The zero-order valence-electron chi connectivity index (χ0n) is 26.8. The van der Waals surface area contributed by atoms with Crippen molar-refractivity contribution in [3.8, 4) is 22.8 Å². The summed E-state index contributed by atoms with van der Waals surface area (Å²) in [6.45, 7) is 6.54. The molecular weight excluding hydrogens is 572 g/mol. The highest BCUT2D eigenvalue weighted by molar-refractivity contribution is 5.91. The van der Waals surface area contributed by atoms with E-state index in [4.69, 9.17) is 18.9 Å². The molecule has 3 rings (SSSR count). The van der Waals surface area contributed by atoms with Gasteiger partial charge in [0.25, 0.3) is 0 Å². The van der Waals surface area contributed by atoms with Crippen LogP contribution in [0.5, 0.6) is 11.5 Å². The molecule has 0 spiro atoms. The highest BCUT2D eigenvalue weighted by Crippen LogP contribution is 2.21. The Hall–Kier alpha value is -4.27. The van der Waals surface area contributed by atoms with Crippen molar-refractivity contribution in [2.45, 2.75) is 97.5 Å². The third-order valence-electron chi connectivity index (χ3n) is 7.15. The van der Waals surface area contributed by atoms with Crippen LogP contribution in [0.2, 0.25) is 0 Å². The van der Waals surface area contributed by atoms with E-state index in [-0.39, 0.29) is 30.0 Å². The minimum Gasteiger partial charge on any atom is -0.494 e. The summed E-state index contributed by atoms with van der Waals surface area (Å²) in [4.78, 5) is 45.1. The van der Waals surface area contributed by atoms with Crippen LogP contribution in [0.1, 0.15) is 112 Å². The van der Waals surface area contributed by atoms with Crippen LogP contribution in [0, 0.1) is 0 Å². The molecule has 1 aromatic heterocycles. The fraction of sp³-hybridized carbons (Fsp3) is 0.472. The quantitative estimate of drug-likeness (QED) is 0.0703. The zero-order valence-corrected chi connectivity index (χ0v) is 26.8. The Morgan fingerprint density at radius 3 is 1.93 bits per heavy atom. The van der Waals surface area contributed by atoms with Gasteiger partial charge in [0.15, 0.2) is 5.69 Å². The Balaban J connectivity index is 1.38. The first kappa shape index (κ1) is 35.2. The number of rotatable bonds is 20.